The summed E-state index contributed by atoms with van der Waals surface area (Å²) >= 11 is 0. The Morgan fingerprint density at radius 2 is 1.74 bits per heavy atom. The van der Waals surface area contributed by atoms with Crippen molar-refractivity contribution in [1.82, 2.24) is 14.9 Å². The first-order valence-corrected chi connectivity index (χ1v) is 10.1. The number of likely N-dealkylation sites (N-methyl/N-ethyl adjacent to an activating group) is 1. The van der Waals surface area contributed by atoms with E-state index < -0.39 is 46.9 Å². The number of carbonyl (C=O) groups is 1. The smallest absolute Gasteiger partial charge is 0.270 e. The van der Waals surface area contributed by atoms with Gasteiger partial charge in [-0.15, -0.1) is 0 Å². The van der Waals surface area contributed by atoms with Gasteiger partial charge in [-0.3, -0.25) is 9.59 Å². The molecule has 4 aromatic rings. The number of alkyl halides is 2. The summed E-state index contributed by atoms with van der Waals surface area (Å²) in [5.74, 6) is -4.00. The summed E-state index contributed by atoms with van der Waals surface area (Å²) in [5, 5.41) is 0.295. The first-order chi connectivity index (χ1) is 16.2. The number of H-pyrrole nitrogens is 2. The molecule has 5 rings (SSSR count). The molecule has 0 saturated heterocycles. The third-order valence-electron chi connectivity index (χ3n) is 6.03. The minimum atomic E-state index is -3.02. The van der Waals surface area contributed by atoms with Gasteiger partial charge in [0.25, 0.3) is 17.9 Å². The van der Waals surface area contributed by atoms with Crippen LogP contribution in [0.5, 0.6) is 0 Å². The van der Waals surface area contributed by atoms with Crippen LogP contribution in [0.4, 0.5) is 22.0 Å². The van der Waals surface area contributed by atoms with Crippen molar-refractivity contribution in [3.05, 3.63) is 80.7 Å². The predicted octanol–water partition coefficient (Wildman–Crippen LogP) is 4.71. The lowest BCUT2D eigenvalue weighted by Gasteiger charge is -2.33. The molecule has 11 heteroatoms. The van der Waals surface area contributed by atoms with Crippen LogP contribution in [0.3, 0.4) is 0 Å². The molecular formula is C23H16F5N3O3. The summed E-state index contributed by atoms with van der Waals surface area (Å²) < 4.78 is 73.3. The Bertz CT molecular complexity index is 1530. The van der Waals surface area contributed by atoms with Crippen molar-refractivity contribution >= 4 is 27.6 Å². The molecule has 0 spiro atoms. The minimum Gasteiger partial charge on any atom is -0.373 e. The maximum Gasteiger partial charge on any atom is 0.270 e. The third kappa shape index (κ3) is 3.43. The lowest BCUT2D eigenvalue weighted by Crippen LogP contribution is -2.37. The van der Waals surface area contributed by atoms with Gasteiger partial charge >= 0.3 is 0 Å². The Hall–Kier alpha value is -3.73. The minimum absolute atomic E-state index is 0.000108. The number of fused-ring (bicyclic) bond motifs is 4. The molecule has 0 bridgehead atoms. The van der Waals surface area contributed by atoms with Crippen LogP contribution in [-0.2, 0) is 11.3 Å². The van der Waals surface area contributed by atoms with E-state index in [0.717, 1.165) is 24.3 Å². The van der Waals surface area contributed by atoms with E-state index in [1.54, 1.807) is 0 Å². The van der Waals surface area contributed by atoms with Gasteiger partial charge in [-0.25, -0.2) is 22.0 Å². The summed E-state index contributed by atoms with van der Waals surface area (Å²) in [5.41, 5.74) is -0.542. The number of nitrogens with zero attached hydrogens (tertiary/aromatic N) is 1. The fourth-order valence-corrected chi connectivity index (χ4v) is 4.33. The number of rotatable bonds is 3. The standard InChI is InChI=1S/C23H16F5N3O3/c1-31(23(33)17-3-9-2-13(24)12(21(27)28)6-16(9)29-17)19-8-34-7-18-20(19)10-4-14(25)15(26)5-11(10)22(32)30-18/h2-6,19,21,29H,7-8H2,1H3,(H,30,32)/t19-/m1/s1. The normalized spacial score (nSPS) is 15.8. The van der Waals surface area contributed by atoms with Gasteiger partial charge in [0, 0.05) is 29.2 Å². The molecule has 3 heterocycles. The van der Waals surface area contributed by atoms with Crippen LogP contribution < -0.4 is 5.56 Å². The molecule has 2 aromatic carbocycles. The highest BCUT2D eigenvalue weighted by Crippen LogP contribution is 2.35. The lowest BCUT2D eigenvalue weighted by molar-refractivity contribution is 0.0333. The van der Waals surface area contributed by atoms with E-state index in [0.29, 0.717) is 11.3 Å². The second-order valence-electron chi connectivity index (χ2n) is 8.05. The number of benzene rings is 2. The molecular weight excluding hydrogens is 461 g/mol. The van der Waals surface area contributed by atoms with Crippen molar-refractivity contribution < 1.29 is 31.5 Å². The molecule has 6 nitrogen and oxygen atoms in total. The molecule has 2 N–H and O–H groups in total. The summed E-state index contributed by atoms with van der Waals surface area (Å²) in [6, 6.07) is 4.11. The zero-order chi connectivity index (χ0) is 24.3. The Morgan fingerprint density at radius 1 is 1.03 bits per heavy atom. The van der Waals surface area contributed by atoms with Crippen LogP contribution in [0, 0.1) is 17.5 Å². The largest absolute Gasteiger partial charge is 0.373 e. The maximum absolute atomic E-state index is 14.1. The zero-order valence-electron chi connectivity index (χ0n) is 17.5. The van der Waals surface area contributed by atoms with Gasteiger partial charge in [0.05, 0.1) is 30.2 Å². The Balaban J connectivity index is 1.58. The highest BCUT2D eigenvalue weighted by atomic mass is 19.3. The monoisotopic (exact) mass is 477 g/mol. The average Bonchev–Trinajstić information content (AvgIpc) is 3.21. The van der Waals surface area contributed by atoms with Crippen molar-refractivity contribution in [2.24, 2.45) is 0 Å². The Labute approximate surface area is 187 Å². The second-order valence-corrected chi connectivity index (χ2v) is 8.05. The van der Waals surface area contributed by atoms with E-state index in [1.165, 1.54) is 18.0 Å². The molecule has 1 amide bonds. The maximum atomic E-state index is 14.1. The van der Waals surface area contributed by atoms with Crippen LogP contribution in [0.2, 0.25) is 0 Å². The molecule has 0 aliphatic carbocycles. The number of pyridine rings is 1. The molecule has 1 aliphatic rings. The topological polar surface area (TPSA) is 78.2 Å². The summed E-state index contributed by atoms with van der Waals surface area (Å²) in [6.45, 7) is -0.000124. The molecule has 0 fully saturated rings. The SMILES string of the molecule is CN(C(=O)c1cc2cc(F)c(C(F)F)cc2[nH]1)[C@@H]1COCc2[nH]c(=O)c3cc(F)c(F)cc3c21. The van der Waals surface area contributed by atoms with Gasteiger partial charge in [-0.1, -0.05) is 0 Å². The number of nitrogens with one attached hydrogen (secondary N) is 2. The molecule has 1 atom stereocenters. The molecule has 0 radical (unpaired) electrons. The average molecular weight is 477 g/mol. The summed E-state index contributed by atoms with van der Waals surface area (Å²) in [7, 11) is 1.44. The third-order valence-corrected chi connectivity index (χ3v) is 6.03. The molecule has 1 aliphatic heterocycles. The molecule has 176 valence electrons. The highest BCUT2D eigenvalue weighted by Gasteiger charge is 2.32. The Morgan fingerprint density at radius 3 is 2.44 bits per heavy atom. The number of aromatic amines is 2. The Kier molecular flexibility index (Phi) is 5.16. The van der Waals surface area contributed by atoms with Crippen molar-refractivity contribution in [2.45, 2.75) is 19.1 Å². The van der Waals surface area contributed by atoms with E-state index in [4.69, 9.17) is 4.74 Å². The van der Waals surface area contributed by atoms with Crippen LogP contribution in [-0.4, -0.2) is 34.4 Å². The molecule has 2 aromatic heterocycles. The van der Waals surface area contributed by atoms with Gasteiger partial charge in [-0.05, 0) is 35.7 Å². The van der Waals surface area contributed by atoms with Gasteiger partial charge < -0.3 is 19.6 Å². The van der Waals surface area contributed by atoms with Gasteiger partial charge in [0.1, 0.15) is 11.5 Å². The molecule has 0 saturated carbocycles. The fraction of sp³-hybridized carbons (Fsp3) is 0.217. The quantitative estimate of drug-likeness (QED) is 0.420. The predicted molar refractivity (Wildman–Crippen MR) is 112 cm³/mol. The van der Waals surface area contributed by atoms with E-state index >= 15 is 0 Å². The van der Waals surface area contributed by atoms with Crippen LogP contribution in [0.1, 0.15) is 39.8 Å². The van der Waals surface area contributed by atoms with Gasteiger partial charge in [0.15, 0.2) is 11.6 Å². The summed E-state index contributed by atoms with van der Waals surface area (Å²) in [6.07, 6.45) is -3.02. The van der Waals surface area contributed by atoms with Gasteiger partial charge in [-0.2, -0.15) is 0 Å². The van der Waals surface area contributed by atoms with E-state index in [9.17, 15) is 31.5 Å². The van der Waals surface area contributed by atoms with Crippen molar-refractivity contribution in [2.75, 3.05) is 13.7 Å². The number of aromatic nitrogens is 2. The zero-order valence-corrected chi connectivity index (χ0v) is 17.5. The number of hydrogen-bond donors (Lipinski definition) is 2. The number of amides is 1. The van der Waals surface area contributed by atoms with Gasteiger partial charge in [0.2, 0.25) is 0 Å². The van der Waals surface area contributed by atoms with Crippen molar-refractivity contribution in [1.29, 1.82) is 0 Å². The molecule has 0 unspecified atom stereocenters. The number of ether oxygens (including phenoxy) is 1. The fourth-order valence-electron chi connectivity index (χ4n) is 4.33. The highest BCUT2D eigenvalue weighted by molar-refractivity contribution is 5.98. The van der Waals surface area contributed by atoms with E-state index in [1.807, 2.05) is 0 Å². The van der Waals surface area contributed by atoms with E-state index in [2.05, 4.69) is 9.97 Å². The molecule has 34 heavy (non-hydrogen) atoms. The van der Waals surface area contributed by atoms with Crippen molar-refractivity contribution in [3.8, 4) is 0 Å². The number of hydrogen-bond acceptors (Lipinski definition) is 3. The summed E-state index contributed by atoms with van der Waals surface area (Å²) in [4.78, 5) is 32.2. The first-order valence-electron chi connectivity index (χ1n) is 10.1. The first kappa shape index (κ1) is 22.1. The van der Waals surface area contributed by atoms with Crippen LogP contribution in [0.15, 0.2) is 35.1 Å². The lowest BCUT2D eigenvalue weighted by atomic mass is 9.95. The van der Waals surface area contributed by atoms with E-state index in [-0.39, 0.29) is 40.6 Å². The second kappa shape index (κ2) is 7.94. The van der Waals surface area contributed by atoms with Crippen LogP contribution >= 0.6 is 0 Å². The number of halogens is 5. The number of carbonyl (C=O) groups excluding carboxylic acids is 1. The van der Waals surface area contributed by atoms with Crippen molar-refractivity contribution in [3.63, 3.8) is 0 Å². The van der Waals surface area contributed by atoms with Crippen LogP contribution in [0.25, 0.3) is 21.7 Å².